The number of rotatable bonds is 8. The summed E-state index contributed by atoms with van der Waals surface area (Å²) in [4.78, 5) is 38.3. The Morgan fingerprint density at radius 3 is 2.45 bits per heavy atom. The van der Waals surface area contributed by atoms with Gasteiger partial charge in [0.1, 0.15) is 11.2 Å². The lowest BCUT2D eigenvalue weighted by Gasteiger charge is -2.31. The summed E-state index contributed by atoms with van der Waals surface area (Å²) in [5.41, 5.74) is 2.83. The number of pyridine rings is 1. The Hall–Kier alpha value is -4.47. The summed E-state index contributed by atoms with van der Waals surface area (Å²) in [6.07, 6.45) is -1.38. The van der Waals surface area contributed by atoms with Crippen LogP contribution in [-0.4, -0.2) is 61.7 Å². The van der Waals surface area contributed by atoms with Gasteiger partial charge in [-0.15, -0.1) is 0 Å². The number of anilines is 2. The number of hydrogen-bond donors (Lipinski definition) is 3. The van der Waals surface area contributed by atoms with Crippen LogP contribution in [0, 0.1) is 0 Å². The van der Waals surface area contributed by atoms with E-state index >= 15 is 0 Å². The number of alkyl halides is 2. The molecule has 1 saturated heterocycles. The van der Waals surface area contributed by atoms with Gasteiger partial charge in [-0.3, -0.25) is 13.9 Å². The molecule has 2 aliphatic rings. The van der Waals surface area contributed by atoms with Gasteiger partial charge in [0.2, 0.25) is 5.88 Å². The largest absolute Gasteiger partial charge is 0.481 e. The van der Waals surface area contributed by atoms with Gasteiger partial charge in [-0.1, -0.05) is 53.5 Å². The minimum Gasteiger partial charge on any atom is -0.481 e. The van der Waals surface area contributed by atoms with E-state index in [0.29, 0.717) is 52.9 Å². The maximum atomic E-state index is 13.9. The van der Waals surface area contributed by atoms with Crippen molar-refractivity contribution >= 4 is 45.7 Å². The van der Waals surface area contributed by atoms with E-state index in [0.717, 1.165) is 33.1 Å². The summed E-state index contributed by atoms with van der Waals surface area (Å²) in [6, 6.07) is 12.4. The molecule has 5 aromatic rings. The molecule has 3 aromatic heterocycles. The summed E-state index contributed by atoms with van der Waals surface area (Å²) in [5.74, 6) is -0.635. The number of methoxy groups -OCH3 is 1. The Bertz CT molecular complexity index is 2300. The molecule has 0 bridgehead atoms. The Morgan fingerprint density at radius 2 is 1.73 bits per heavy atom. The number of aliphatic hydroxyl groups excluding tert-OH is 1. The van der Waals surface area contributed by atoms with Crippen LogP contribution >= 0.6 is 23.2 Å². The molecule has 0 saturated carbocycles. The number of nitrogens with one attached hydrogen (secondary N) is 2. The Balaban J connectivity index is 1.26. The maximum absolute atomic E-state index is 13.9. The molecule has 1 fully saturated rings. The first kappa shape index (κ1) is 35.0. The lowest BCUT2D eigenvalue weighted by molar-refractivity contribution is -0.0304. The highest BCUT2D eigenvalue weighted by molar-refractivity contribution is 6.39. The third kappa shape index (κ3) is 6.25. The second-order valence-corrected chi connectivity index (χ2v) is 13.2. The van der Waals surface area contributed by atoms with Crippen molar-refractivity contribution in [3.05, 3.63) is 90.3 Å². The number of hydrogen-bond acceptors (Lipinski definition) is 10. The maximum Gasteiger partial charge on any atom is 0.332 e. The number of aliphatic hydroxyl groups is 1. The lowest BCUT2D eigenvalue weighted by atomic mass is 9.99. The molecule has 12 nitrogen and oxygen atoms in total. The zero-order valence-electron chi connectivity index (χ0n) is 27.7. The van der Waals surface area contributed by atoms with Gasteiger partial charge in [0.25, 0.3) is 12.0 Å². The Labute approximate surface area is 300 Å². The minimum atomic E-state index is -3.08. The zero-order valence-corrected chi connectivity index (χ0v) is 29.2. The number of aromatic nitrogens is 5. The van der Waals surface area contributed by atoms with Crippen molar-refractivity contribution < 1.29 is 23.4 Å². The first-order chi connectivity index (χ1) is 24.5. The molecule has 2 aromatic carbocycles. The molecule has 3 atom stereocenters. The summed E-state index contributed by atoms with van der Waals surface area (Å²) >= 11 is 14.1. The molecule has 51 heavy (non-hydrogen) atoms. The number of ether oxygens (including phenoxy) is 2. The van der Waals surface area contributed by atoms with E-state index in [1.165, 1.54) is 14.1 Å². The van der Waals surface area contributed by atoms with Gasteiger partial charge in [0.05, 0.1) is 41.2 Å². The molecule has 1 aliphatic carbocycles. The van der Waals surface area contributed by atoms with E-state index in [9.17, 15) is 23.5 Å². The SMILES string of the molecule is COc1nc(-c2cccc(-c3cccc(Nc4nc(C(F)F)nc5c4c(=O)n(C)c(=O)n5C)c3Cl)c2Cl)cc2c1[C@@H](N[C@@H]1CCOC[C@@H]1O)CC2. The lowest BCUT2D eigenvalue weighted by Crippen LogP contribution is -2.47. The number of benzene rings is 2. The van der Waals surface area contributed by atoms with Crippen molar-refractivity contribution in [2.75, 3.05) is 25.6 Å². The van der Waals surface area contributed by atoms with Crippen LogP contribution in [0.1, 0.15) is 42.3 Å². The van der Waals surface area contributed by atoms with E-state index in [1.54, 1.807) is 31.4 Å². The minimum absolute atomic E-state index is 0.0426. The predicted octanol–water partition coefficient (Wildman–Crippen LogP) is 5.48. The number of fused-ring (bicyclic) bond motifs is 2. The smallest absolute Gasteiger partial charge is 0.332 e. The average Bonchev–Trinajstić information content (AvgIpc) is 3.53. The van der Waals surface area contributed by atoms with Crippen LogP contribution in [-0.2, 0) is 25.3 Å². The fraction of sp³-hybridized carbons (Fsp3) is 0.343. The number of aryl methyl sites for hydroxylation is 2. The van der Waals surface area contributed by atoms with Crippen molar-refractivity contribution in [1.82, 2.24) is 29.4 Å². The summed E-state index contributed by atoms with van der Waals surface area (Å²) in [5, 5.41) is 17.3. The molecule has 0 amide bonds. The molecule has 7 rings (SSSR count). The fourth-order valence-electron chi connectivity index (χ4n) is 6.81. The van der Waals surface area contributed by atoms with E-state index in [1.807, 2.05) is 18.2 Å². The van der Waals surface area contributed by atoms with Crippen LogP contribution < -0.4 is 26.6 Å². The van der Waals surface area contributed by atoms with Crippen LogP contribution in [0.4, 0.5) is 20.3 Å². The third-order valence-corrected chi connectivity index (χ3v) is 10.2. The topological polar surface area (TPSA) is 145 Å². The second-order valence-electron chi connectivity index (χ2n) is 12.5. The van der Waals surface area contributed by atoms with Crippen LogP contribution in [0.15, 0.2) is 52.1 Å². The standard InChI is InChI=1S/C35H33Cl2F2N7O5/c1-45-32-26(34(48)46(2)35(45)49)30(43-31(44-32)29(38)39)41-22-9-5-7-18(28(22)37)17-6-4-8-19(27(17)36)23-14-16-10-11-21(25(16)33(42-23)50-3)40-20-12-13-51-15-24(20)47/h4-9,14,20-21,24,29,40,47H,10-13,15H2,1-3H3,(H,41,43,44)/t20-,21+,24+/m1/s1. The van der Waals surface area contributed by atoms with Gasteiger partial charge >= 0.3 is 5.69 Å². The van der Waals surface area contributed by atoms with E-state index in [2.05, 4.69) is 20.6 Å². The molecule has 16 heteroatoms. The summed E-state index contributed by atoms with van der Waals surface area (Å²) < 4.78 is 40.8. The number of halogens is 4. The first-order valence-corrected chi connectivity index (χ1v) is 16.9. The van der Waals surface area contributed by atoms with Crippen molar-refractivity contribution in [3.8, 4) is 28.3 Å². The van der Waals surface area contributed by atoms with Crippen molar-refractivity contribution in [1.29, 1.82) is 0 Å². The van der Waals surface area contributed by atoms with Gasteiger partial charge in [-0.2, -0.15) is 0 Å². The predicted molar refractivity (Wildman–Crippen MR) is 189 cm³/mol. The second kappa shape index (κ2) is 13.9. The fourth-order valence-corrected chi connectivity index (χ4v) is 7.41. The Morgan fingerprint density at radius 1 is 1.00 bits per heavy atom. The normalized spacial score (nSPS) is 18.7. The van der Waals surface area contributed by atoms with Crippen molar-refractivity contribution in [3.63, 3.8) is 0 Å². The quantitative estimate of drug-likeness (QED) is 0.187. The molecule has 3 N–H and O–H groups in total. The van der Waals surface area contributed by atoms with Gasteiger partial charge in [0.15, 0.2) is 11.5 Å². The molecule has 0 radical (unpaired) electrons. The molecule has 1 aliphatic heterocycles. The van der Waals surface area contributed by atoms with E-state index in [4.69, 9.17) is 37.7 Å². The number of nitrogens with zero attached hydrogens (tertiary/aromatic N) is 5. The van der Waals surface area contributed by atoms with Crippen LogP contribution in [0.25, 0.3) is 33.4 Å². The van der Waals surface area contributed by atoms with Gasteiger partial charge in [-0.25, -0.2) is 28.5 Å². The van der Waals surface area contributed by atoms with E-state index < -0.39 is 29.6 Å². The van der Waals surface area contributed by atoms with Crippen molar-refractivity contribution in [2.45, 2.75) is 43.9 Å². The zero-order chi connectivity index (χ0) is 36.1. The van der Waals surface area contributed by atoms with Crippen molar-refractivity contribution in [2.24, 2.45) is 14.1 Å². The molecular weight excluding hydrogens is 707 g/mol. The molecule has 0 spiro atoms. The molecule has 4 heterocycles. The van der Waals surface area contributed by atoms with Crippen LogP contribution in [0.2, 0.25) is 10.0 Å². The summed E-state index contributed by atoms with van der Waals surface area (Å²) in [6.45, 7) is 0.877. The molecular formula is C35H33Cl2F2N7O5. The van der Waals surface area contributed by atoms with Gasteiger partial charge < -0.3 is 25.2 Å². The average molecular weight is 741 g/mol. The Kier molecular flexibility index (Phi) is 9.54. The van der Waals surface area contributed by atoms with Crippen LogP contribution in [0.3, 0.4) is 0 Å². The first-order valence-electron chi connectivity index (χ1n) is 16.2. The highest BCUT2D eigenvalue weighted by Crippen LogP contribution is 2.44. The van der Waals surface area contributed by atoms with E-state index in [-0.39, 0.29) is 39.6 Å². The highest BCUT2D eigenvalue weighted by Gasteiger charge is 2.33. The summed E-state index contributed by atoms with van der Waals surface area (Å²) in [7, 11) is 4.18. The molecule has 0 unspecified atom stereocenters. The van der Waals surface area contributed by atoms with Gasteiger partial charge in [0, 0.05) is 55.0 Å². The van der Waals surface area contributed by atoms with Gasteiger partial charge in [-0.05, 0) is 37.0 Å². The third-order valence-electron chi connectivity index (χ3n) is 9.42. The van der Waals surface area contributed by atoms with Crippen LogP contribution in [0.5, 0.6) is 5.88 Å². The molecule has 266 valence electrons. The highest BCUT2D eigenvalue weighted by atomic mass is 35.5. The monoisotopic (exact) mass is 739 g/mol.